The predicted molar refractivity (Wildman–Crippen MR) is 96.6 cm³/mol. The third-order valence-electron chi connectivity index (χ3n) is 4.53. The van der Waals surface area contributed by atoms with Crippen molar-refractivity contribution in [2.45, 2.75) is 25.8 Å². The van der Waals surface area contributed by atoms with E-state index in [1.54, 1.807) is 0 Å². The molecule has 6 nitrogen and oxygen atoms in total. The summed E-state index contributed by atoms with van der Waals surface area (Å²) in [6, 6.07) is 7.09. The van der Waals surface area contributed by atoms with Crippen LogP contribution < -0.4 is 10.6 Å². The number of nitrogens with one attached hydrogen (secondary N) is 2. The highest BCUT2D eigenvalue weighted by atomic mass is 19.1. The van der Waals surface area contributed by atoms with Gasteiger partial charge in [-0.15, -0.1) is 0 Å². The van der Waals surface area contributed by atoms with Crippen LogP contribution in [0.3, 0.4) is 0 Å². The number of rotatable bonds is 4. The summed E-state index contributed by atoms with van der Waals surface area (Å²) >= 11 is 0. The van der Waals surface area contributed by atoms with Gasteiger partial charge in [0.25, 0.3) is 0 Å². The first-order valence-electron chi connectivity index (χ1n) is 8.66. The Morgan fingerprint density at radius 3 is 2.50 bits per heavy atom. The molecule has 0 atom stereocenters. The zero-order valence-electron chi connectivity index (χ0n) is 15.1. The zero-order chi connectivity index (χ0) is 20.3. The normalized spacial score (nSPS) is 12.2. The van der Waals surface area contributed by atoms with Crippen LogP contribution in [0.4, 0.5) is 14.5 Å². The van der Waals surface area contributed by atoms with Crippen molar-refractivity contribution in [3.8, 4) is 0 Å². The largest absolute Gasteiger partial charge is 0.465 e. The molecule has 146 valence electrons. The van der Waals surface area contributed by atoms with Gasteiger partial charge in [0.1, 0.15) is 11.6 Å². The number of esters is 1. The number of fused-ring (bicyclic) bond motifs is 1. The third kappa shape index (κ3) is 4.16. The van der Waals surface area contributed by atoms with E-state index in [0.29, 0.717) is 6.07 Å². The zero-order valence-corrected chi connectivity index (χ0v) is 15.1. The molecule has 0 unspecified atom stereocenters. The molecule has 0 bridgehead atoms. The molecule has 0 radical (unpaired) electrons. The molecule has 0 saturated carbocycles. The van der Waals surface area contributed by atoms with Crippen LogP contribution in [-0.2, 0) is 33.7 Å². The molecule has 0 aliphatic heterocycles. The van der Waals surface area contributed by atoms with E-state index in [9.17, 15) is 23.2 Å². The number of halogens is 2. The molecule has 0 fully saturated rings. The fourth-order valence-electron chi connectivity index (χ4n) is 3.09. The number of methoxy groups -OCH3 is 1. The molecule has 0 saturated heterocycles. The fourth-order valence-corrected chi connectivity index (χ4v) is 3.09. The lowest BCUT2D eigenvalue weighted by Gasteiger charge is -2.10. The van der Waals surface area contributed by atoms with Crippen LogP contribution in [0, 0.1) is 11.6 Å². The van der Waals surface area contributed by atoms with Gasteiger partial charge in [-0.1, -0.05) is 18.2 Å². The van der Waals surface area contributed by atoms with E-state index in [-0.39, 0.29) is 6.54 Å². The van der Waals surface area contributed by atoms with Crippen molar-refractivity contribution < 1.29 is 27.9 Å². The first-order valence-corrected chi connectivity index (χ1v) is 8.66. The molecule has 2 amide bonds. The average molecular weight is 388 g/mol. The van der Waals surface area contributed by atoms with Gasteiger partial charge in [-0.2, -0.15) is 0 Å². The summed E-state index contributed by atoms with van der Waals surface area (Å²) in [6.45, 7) is 0.138. The van der Waals surface area contributed by atoms with Crippen molar-refractivity contribution >= 4 is 23.5 Å². The minimum Gasteiger partial charge on any atom is -0.465 e. The second-order valence-electron chi connectivity index (χ2n) is 6.40. The molecule has 28 heavy (non-hydrogen) atoms. The number of ether oxygens (including phenoxy) is 1. The van der Waals surface area contributed by atoms with Crippen molar-refractivity contribution in [1.82, 2.24) is 5.32 Å². The van der Waals surface area contributed by atoms with Crippen LogP contribution in [0.25, 0.3) is 0 Å². The molecule has 2 aromatic rings. The van der Waals surface area contributed by atoms with E-state index in [1.165, 1.54) is 11.1 Å². The van der Waals surface area contributed by atoms with E-state index in [0.717, 1.165) is 38.0 Å². The van der Waals surface area contributed by atoms with Crippen molar-refractivity contribution in [1.29, 1.82) is 0 Å². The van der Waals surface area contributed by atoms with Crippen LogP contribution in [-0.4, -0.2) is 24.9 Å². The number of aryl methyl sites for hydroxylation is 2. The first kappa shape index (κ1) is 19.5. The van der Waals surface area contributed by atoms with Crippen molar-refractivity contribution in [2.24, 2.45) is 0 Å². The number of carbonyl (C=O) groups is 3. The Labute approximate surface area is 159 Å². The number of amides is 2. The summed E-state index contributed by atoms with van der Waals surface area (Å²) in [5.74, 6) is -5.41. The van der Waals surface area contributed by atoms with Gasteiger partial charge >= 0.3 is 17.8 Å². The second-order valence-corrected chi connectivity index (χ2v) is 6.40. The maximum Gasteiger partial charge on any atom is 0.340 e. The summed E-state index contributed by atoms with van der Waals surface area (Å²) in [5.41, 5.74) is 2.32. The monoisotopic (exact) mass is 388 g/mol. The van der Waals surface area contributed by atoms with E-state index >= 15 is 0 Å². The summed E-state index contributed by atoms with van der Waals surface area (Å²) < 4.78 is 31.9. The van der Waals surface area contributed by atoms with Gasteiger partial charge in [0.05, 0.1) is 18.4 Å². The lowest BCUT2D eigenvalue weighted by Crippen LogP contribution is -2.35. The molecule has 2 aromatic carbocycles. The standard InChI is InChI=1S/C20H18F2N2O4/c1-28-20(27)14-8-17(16(22)9-15(14)21)24-19(26)18(25)23-10-11-5-6-12-3-2-4-13(12)7-11/h5-9H,2-4,10H2,1H3,(H,23,25)(H,24,26). The fraction of sp³-hybridized carbons (Fsp3) is 0.250. The number of hydrogen-bond donors (Lipinski definition) is 2. The van der Waals surface area contributed by atoms with Gasteiger partial charge in [0.2, 0.25) is 0 Å². The van der Waals surface area contributed by atoms with Crippen LogP contribution in [0.2, 0.25) is 0 Å². The lowest BCUT2D eigenvalue weighted by molar-refractivity contribution is -0.136. The Hall–Kier alpha value is -3.29. The van der Waals surface area contributed by atoms with Gasteiger partial charge in [-0.05, 0) is 42.0 Å². The topological polar surface area (TPSA) is 84.5 Å². The quantitative estimate of drug-likeness (QED) is 0.623. The van der Waals surface area contributed by atoms with Gasteiger partial charge in [-0.25, -0.2) is 13.6 Å². The Balaban J connectivity index is 1.64. The minimum atomic E-state index is -1.14. The number of hydrogen-bond acceptors (Lipinski definition) is 4. The van der Waals surface area contributed by atoms with Crippen LogP contribution in [0.15, 0.2) is 30.3 Å². The van der Waals surface area contributed by atoms with E-state index in [1.807, 2.05) is 23.5 Å². The van der Waals surface area contributed by atoms with Crippen LogP contribution in [0.5, 0.6) is 0 Å². The van der Waals surface area contributed by atoms with Gasteiger partial charge in [-0.3, -0.25) is 9.59 Å². The number of anilines is 1. The van der Waals surface area contributed by atoms with E-state index in [4.69, 9.17) is 0 Å². The van der Waals surface area contributed by atoms with Crippen LogP contribution >= 0.6 is 0 Å². The SMILES string of the molecule is COC(=O)c1cc(NC(=O)C(=O)NCc2ccc3c(c2)CCC3)c(F)cc1F. The number of benzene rings is 2. The molecule has 0 spiro atoms. The highest BCUT2D eigenvalue weighted by Crippen LogP contribution is 2.23. The van der Waals surface area contributed by atoms with Crippen molar-refractivity contribution in [3.05, 3.63) is 64.2 Å². The third-order valence-corrected chi connectivity index (χ3v) is 4.53. The first-order chi connectivity index (χ1) is 13.4. The van der Waals surface area contributed by atoms with Crippen LogP contribution in [0.1, 0.15) is 33.5 Å². The summed E-state index contributed by atoms with van der Waals surface area (Å²) in [7, 11) is 1.04. The molecular weight excluding hydrogens is 370 g/mol. The lowest BCUT2D eigenvalue weighted by atomic mass is 10.1. The molecule has 3 rings (SSSR count). The molecule has 1 aliphatic rings. The Bertz CT molecular complexity index is 959. The van der Waals surface area contributed by atoms with Crippen molar-refractivity contribution in [2.75, 3.05) is 12.4 Å². The molecule has 8 heteroatoms. The Morgan fingerprint density at radius 1 is 1.00 bits per heavy atom. The average Bonchev–Trinajstić information content (AvgIpc) is 3.15. The molecular formula is C20H18F2N2O4. The Kier molecular flexibility index (Phi) is 5.67. The molecule has 0 aromatic heterocycles. The van der Waals surface area contributed by atoms with Gasteiger partial charge < -0.3 is 15.4 Å². The predicted octanol–water partition coefficient (Wildman–Crippen LogP) is 2.50. The summed E-state index contributed by atoms with van der Waals surface area (Å²) in [4.78, 5) is 35.5. The maximum atomic E-state index is 13.9. The highest BCUT2D eigenvalue weighted by molar-refractivity contribution is 6.39. The van der Waals surface area contributed by atoms with Gasteiger partial charge in [0, 0.05) is 12.6 Å². The maximum absolute atomic E-state index is 13.9. The molecule has 2 N–H and O–H groups in total. The molecule has 1 aliphatic carbocycles. The second kappa shape index (κ2) is 8.16. The van der Waals surface area contributed by atoms with E-state index in [2.05, 4.69) is 10.1 Å². The Morgan fingerprint density at radius 2 is 1.75 bits per heavy atom. The minimum absolute atomic E-state index is 0.138. The highest BCUT2D eigenvalue weighted by Gasteiger charge is 2.20. The summed E-state index contributed by atoms with van der Waals surface area (Å²) in [5, 5.41) is 4.48. The summed E-state index contributed by atoms with van der Waals surface area (Å²) in [6.07, 6.45) is 3.13. The molecule has 0 heterocycles. The van der Waals surface area contributed by atoms with Crippen molar-refractivity contribution in [3.63, 3.8) is 0 Å². The number of carbonyl (C=O) groups excluding carboxylic acids is 3. The van der Waals surface area contributed by atoms with E-state index < -0.39 is 40.7 Å². The smallest absolute Gasteiger partial charge is 0.340 e. The van der Waals surface area contributed by atoms with Gasteiger partial charge in [0.15, 0.2) is 0 Å².